The van der Waals surface area contributed by atoms with Crippen LogP contribution in [0.25, 0.3) is 11.1 Å². The Labute approximate surface area is 206 Å². The van der Waals surface area contributed by atoms with Gasteiger partial charge in [0, 0.05) is 28.7 Å². The molecule has 3 aromatic rings. The SMILES string of the molecule is C/C=C1/C(CC)N=C(c2ccc(-c3ccc(C)c(F)c3)cc2)c2c(sc(C)c2C)N1/C(C)=N\C. The molecule has 34 heavy (non-hydrogen) atoms. The highest BCUT2D eigenvalue weighted by Gasteiger charge is 2.32. The highest BCUT2D eigenvalue weighted by Crippen LogP contribution is 2.42. The van der Waals surface area contributed by atoms with E-state index in [0.717, 1.165) is 40.4 Å². The number of thiophene rings is 1. The lowest BCUT2D eigenvalue weighted by Gasteiger charge is -2.28. The Bertz CT molecular complexity index is 1310. The van der Waals surface area contributed by atoms with Gasteiger partial charge in [0.2, 0.25) is 0 Å². The van der Waals surface area contributed by atoms with Gasteiger partial charge in [0.25, 0.3) is 0 Å². The lowest BCUT2D eigenvalue weighted by Crippen LogP contribution is -2.32. The lowest BCUT2D eigenvalue weighted by molar-refractivity contribution is 0.619. The van der Waals surface area contributed by atoms with Gasteiger partial charge < -0.3 is 0 Å². The van der Waals surface area contributed by atoms with E-state index in [0.29, 0.717) is 5.56 Å². The maximum absolute atomic E-state index is 14.1. The molecule has 1 aliphatic rings. The molecule has 0 saturated carbocycles. The van der Waals surface area contributed by atoms with Crippen LogP contribution >= 0.6 is 11.3 Å². The Morgan fingerprint density at radius 2 is 1.74 bits per heavy atom. The minimum Gasteiger partial charge on any atom is -0.291 e. The molecule has 2 heterocycles. The van der Waals surface area contributed by atoms with Crippen LogP contribution in [-0.4, -0.2) is 24.6 Å². The topological polar surface area (TPSA) is 28.0 Å². The number of halogens is 1. The first-order valence-electron chi connectivity index (χ1n) is 11.8. The number of aliphatic imine (C=N–C) groups is 2. The lowest BCUT2D eigenvalue weighted by atomic mass is 9.96. The summed E-state index contributed by atoms with van der Waals surface area (Å²) in [5.41, 5.74) is 8.20. The largest absolute Gasteiger partial charge is 0.291 e. The summed E-state index contributed by atoms with van der Waals surface area (Å²) in [6, 6.07) is 13.8. The molecule has 0 saturated heterocycles. The van der Waals surface area contributed by atoms with E-state index >= 15 is 0 Å². The molecule has 0 N–H and O–H groups in total. The van der Waals surface area contributed by atoms with E-state index in [2.05, 4.69) is 74.9 Å². The molecule has 0 radical (unpaired) electrons. The number of benzene rings is 2. The van der Waals surface area contributed by atoms with E-state index in [9.17, 15) is 4.39 Å². The number of rotatable bonds is 3. The van der Waals surface area contributed by atoms with E-state index in [4.69, 9.17) is 4.99 Å². The maximum Gasteiger partial charge on any atom is 0.126 e. The van der Waals surface area contributed by atoms with Crippen LogP contribution in [0.4, 0.5) is 9.39 Å². The molecular formula is C29H32FN3S. The standard InChI is InChI=1S/C29H32FN3S/c1-8-25-26(9-2)33(20(6)31-7)29-27(18(4)19(5)34-29)28(32-25)22-14-12-21(13-15-22)23-11-10-17(3)24(30)16-23/h9-16,25H,8H2,1-7H3/b26-9-,31-20-. The summed E-state index contributed by atoms with van der Waals surface area (Å²) in [7, 11) is 1.84. The summed E-state index contributed by atoms with van der Waals surface area (Å²) in [5.74, 6) is 0.781. The maximum atomic E-state index is 14.1. The fraction of sp³-hybridized carbons (Fsp3) is 0.310. The average molecular weight is 474 g/mol. The van der Waals surface area contributed by atoms with Crippen LogP contribution in [0.5, 0.6) is 0 Å². The number of hydrogen-bond donors (Lipinski definition) is 0. The Kier molecular flexibility index (Phi) is 6.85. The number of allylic oxidation sites excluding steroid dienone is 1. The third-order valence-electron chi connectivity index (χ3n) is 6.68. The fourth-order valence-corrected chi connectivity index (χ4v) is 5.69. The molecule has 0 aliphatic carbocycles. The number of hydrogen-bond acceptors (Lipinski definition) is 3. The van der Waals surface area contributed by atoms with E-state index in [1.807, 2.05) is 19.2 Å². The van der Waals surface area contributed by atoms with Crippen molar-refractivity contribution in [2.24, 2.45) is 9.98 Å². The normalized spacial score (nSPS) is 17.6. The smallest absolute Gasteiger partial charge is 0.126 e. The zero-order valence-electron chi connectivity index (χ0n) is 21.0. The number of fused-ring (bicyclic) bond motifs is 1. The molecule has 0 amide bonds. The van der Waals surface area contributed by atoms with Gasteiger partial charge in [-0.2, -0.15) is 0 Å². The third kappa shape index (κ3) is 4.14. The summed E-state index contributed by atoms with van der Waals surface area (Å²) < 4.78 is 14.1. The second-order valence-electron chi connectivity index (χ2n) is 8.73. The molecule has 4 rings (SSSR count). The highest BCUT2D eigenvalue weighted by atomic mass is 32.1. The van der Waals surface area contributed by atoms with Gasteiger partial charge in [0.15, 0.2) is 0 Å². The van der Waals surface area contributed by atoms with Gasteiger partial charge >= 0.3 is 0 Å². The Morgan fingerprint density at radius 1 is 1.09 bits per heavy atom. The van der Waals surface area contributed by atoms with E-state index in [-0.39, 0.29) is 11.9 Å². The van der Waals surface area contributed by atoms with Gasteiger partial charge in [-0.05, 0) is 69.4 Å². The van der Waals surface area contributed by atoms with Gasteiger partial charge in [-0.25, -0.2) is 4.39 Å². The van der Waals surface area contributed by atoms with Crippen molar-refractivity contribution in [1.82, 2.24) is 0 Å². The third-order valence-corrected chi connectivity index (χ3v) is 7.88. The van der Waals surface area contributed by atoms with Crippen LogP contribution in [0.3, 0.4) is 0 Å². The molecular weight excluding hydrogens is 441 g/mol. The van der Waals surface area contributed by atoms with Gasteiger partial charge in [0.05, 0.1) is 11.8 Å². The zero-order valence-corrected chi connectivity index (χ0v) is 21.8. The predicted octanol–water partition coefficient (Wildman–Crippen LogP) is 7.87. The first-order valence-corrected chi connectivity index (χ1v) is 12.6. The van der Waals surface area contributed by atoms with Crippen molar-refractivity contribution >= 4 is 27.9 Å². The second kappa shape index (κ2) is 9.67. The molecule has 5 heteroatoms. The second-order valence-corrected chi connectivity index (χ2v) is 9.93. The molecule has 0 spiro atoms. The van der Waals surface area contributed by atoms with Gasteiger partial charge in [-0.1, -0.05) is 49.4 Å². The minimum absolute atomic E-state index is 0.0295. The molecule has 2 aromatic carbocycles. The van der Waals surface area contributed by atoms with Crippen LogP contribution in [0.1, 0.15) is 54.3 Å². The van der Waals surface area contributed by atoms with Gasteiger partial charge in [0.1, 0.15) is 16.7 Å². The van der Waals surface area contributed by atoms with Gasteiger partial charge in [-0.15, -0.1) is 11.3 Å². The number of amidine groups is 1. The molecule has 0 bridgehead atoms. The zero-order chi connectivity index (χ0) is 24.6. The number of anilines is 1. The molecule has 1 unspecified atom stereocenters. The highest BCUT2D eigenvalue weighted by molar-refractivity contribution is 7.17. The first-order chi connectivity index (χ1) is 16.3. The summed E-state index contributed by atoms with van der Waals surface area (Å²) >= 11 is 1.80. The Balaban J connectivity index is 1.89. The fourth-order valence-electron chi connectivity index (χ4n) is 4.47. The van der Waals surface area contributed by atoms with E-state index in [1.165, 1.54) is 21.0 Å². The summed E-state index contributed by atoms with van der Waals surface area (Å²) in [4.78, 5) is 13.4. The van der Waals surface area contributed by atoms with Crippen LogP contribution in [0.15, 0.2) is 64.2 Å². The summed E-state index contributed by atoms with van der Waals surface area (Å²) in [5, 5.41) is 1.17. The van der Waals surface area contributed by atoms with Crippen molar-refractivity contribution in [2.45, 2.75) is 54.0 Å². The van der Waals surface area contributed by atoms with Crippen molar-refractivity contribution in [3.63, 3.8) is 0 Å². The predicted molar refractivity (Wildman–Crippen MR) is 145 cm³/mol. The average Bonchev–Trinajstić information content (AvgIpc) is 3.05. The van der Waals surface area contributed by atoms with Crippen LogP contribution in [0, 0.1) is 26.6 Å². The summed E-state index contributed by atoms with van der Waals surface area (Å²) in [6.07, 6.45) is 3.06. The minimum atomic E-state index is -0.179. The Morgan fingerprint density at radius 3 is 2.32 bits per heavy atom. The summed E-state index contributed by atoms with van der Waals surface area (Å²) in [6.45, 7) is 12.5. The molecule has 1 aliphatic heterocycles. The van der Waals surface area contributed by atoms with Crippen LogP contribution in [-0.2, 0) is 0 Å². The number of nitrogens with zero attached hydrogens (tertiary/aromatic N) is 3. The van der Waals surface area contributed by atoms with Crippen molar-refractivity contribution < 1.29 is 4.39 Å². The van der Waals surface area contributed by atoms with E-state index in [1.54, 1.807) is 24.3 Å². The van der Waals surface area contributed by atoms with E-state index < -0.39 is 0 Å². The molecule has 176 valence electrons. The molecule has 3 nitrogen and oxygen atoms in total. The quantitative estimate of drug-likeness (QED) is 0.281. The van der Waals surface area contributed by atoms with Crippen LogP contribution < -0.4 is 4.90 Å². The van der Waals surface area contributed by atoms with Crippen LogP contribution in [0.2, 0.25) is 0 Å². The van der Waals surface area contributed by atoms with Crippen molar-refractivity contribution in [3.05, 3.63) is 87.2 Å². The van der Waals surface area contributed by atoms with Crippen molar-refractivity contribution in [1.29, 1.82) is 0 Å². The monoisotopic (exact) mass is 473 g/mol. The van der Waals surface area contributed by atoms with Gasteiger partial charge in [-0.3, -0.25) is 14.9 Å². The number of aryl methyl sites for hydroxylation is 2. The molecule has 1 aromatic heterocycles. The first kappa shape index (κ1) is 24.1. The molecule has 0 fully saturated rings. The molecule has 1 atom stereocenters. The Hall–Kier alpha value is -3.05. The van der Waals surface area contributed by atoms with Crippen molar-refractivity contribution in [2.75, 3.05) is 11.9 Å². The van der Waals surface area contributed by atoms with Crippen molar-refractivity contribution in [3.8, 4) is 11.1 Å².